The second-order valence-electron chi connectivity index (χ2n) is 6.29. The van der Waals surface area contributed by atoms with Crippen molar-refractivity contribution < 1.29 is 9.53 Å². The van der Waals surface area contributed by atoms with Gasteiger partial charge < -0.3 is 15.0 Å². The summed E-state index contributed by atoms with van der Waals surface area (Å²) in [6.45, 7) is 4.99. The number of benzene rings is 2. The molecule has 0 bridgehead atoms. The number of thioether (sulfide) groups is 1. The van der Waals surface area contributed by atoms with Crippen LogP contribution in [0, 0.1) is 0 Å². The molecular formula is C22H26N2O2S. The van der Waals surface area contributed by atoms with Gasteiger partial charge in [0.15, 0.2) is 0 Å². The maximum Gasteiger partial charge on any atom is 0.323 e. The Balaban J connectivity index is 1.85. The largest absolute Gasteiger partial charge is 0.465 e. The molecule has 0 radical (unpaired) electrons. The third-order valence-electron chi connectivity index (χ3n) is 4.44. The number of ether oxygens (including phenoxy) is 1. The minimum atomic E-state index is -0.388. The lowest BCUT2D eigenvalue weighted by Crippen LogP contribution is -2.39. The summed E-state index contributed by atoms with van der Waals surface area (Å²) in [5, 5.41) is 5.70. The second kappa shape index (κ2) is 9.62. The average Bonchev–Trinajstić information content (AvgIpc) is 3.03. The number of hydrogen-bond acceptors (Lipinski definition) is 4. The van der Waals surface area contributed by atoms with E-state index in [2.05, 4.69) is 41.5 Å². The Morgan fingerprint density at radius 2 is 1.85 bits per heavy atom. The summed E-state index contributed by atoms with van der Waals surface area (Å²) in [4.78, 5) is 16.1. The van der Waals surface area contributed by atoms with Crippen LogP contribution in [0.1, 0.15) is 25.0 Å². The van der Waals surface area contributed by atoms with Crippen molar-refractivity contribution in [3.8, 4) is 0 Å². The van der Waals surface area contributed by atoms with Crippen LogP contribution in [0.25, 0.3) is 10.9 Å². The van der Waals surface area contributed by atoms with Crippen molar-refractivity contribution in [1.29, 1.82) is 0 Å². The minimum Gasteiger partial charge on any atom is -0.465 e. The van der Waals surface area contributed by atoms with E-state index in [9.17, 15) is 4.79 Å². The van der Waals surface area contributed by atoms with Crippen LogP contribution in [-0.2, 0) is 22.5 Å². The molecular weight excluding hydrogens is 356 g/mol. The number of hydrogen-bond donors (Lipinski definition) is 2. The van der Waals surface area contributed by atoms with Gasteiger partial charge in [0.2, 0.25) is 0 Å². The van der Waals surface area contributed by atoms with E-state index in [1.54, 1.807) is 11.8 Å². The summed E-state index contributed by atoms with van der Waals surface area (Å²) in [5.41, 5.74) is 3.43. The normalized spacial score (nSPS) is 12.2. The van der Waals surface area contributed by atoms with Crippen molar-refractivity contribution in [1.82, 2.24) is 10.3 Å². The third-order valence-corrected chi connectivity index (χ3v) is 5.36. The van der Waals surface area contributed by atoms with Crippen molar-refractivity contribution in [3.05, 3.63) is 65.7 Å². The van der Waals surface area contributed by atoms with Gasteiger partial charge >= 0.3 is 5.97 Å². The minimum absolute atomic E-state index is 0.203. The van der Waals surface area contributed by atoms with E-state index in [0.29, 0.717) is 19.6 Å². The van der Waals surface area contributed by atoms with Crippen molar-refractivity contribution in [2.24, 2.45) is 0 Å². The topological polar surface area (TPSA) is 54.1 Å². The van der Waals surface area contributed by atoms with Gasteiger partial charge in [-0.05, 0) is 29.9 Å². The molecule has 1 atom stereocenters. The van der Waals surface area contributed by atoms with E-state index >= 15 is 0 Å². The summed E-state index contributed by atoms with van der Waals surface area (Å²) in [6.07, 6.45) is 0.595. The fraction of sp³-hybridized carbons (Fsp3) is 0.318. The number of carbonyl (C=O) groups excluding carboxylic acids is 1. The lowest BCUT2D eigenvalue weighted by molar-refractivity contribution is -0.145. The number of para-hydroxylation sites is 1. The highest BCUT2D eigenvalue weighted by molar-refractivity contribution is 7.99. The van der Waals surface area contributed by atoms with E-state index in [1.165, 1.54) is 10.9 Å². The Morgan fingerprint density at radius 3 is 2.59 bits per heavy atom. The first-order valence-corrected chi connectivity index (χ1v) is 10.4. The zero-order valence-corrected chi connectivity index (χ0v) is 16.6. The van der Waals surface area contributed by atoms with Gasteiger partial charge in [-0.25, -0.2) is 0 Å². The Bertz CT molecular complexity index is 876. The summed E-state index contributed by atoms with van der Waals surface area (Å²) in [5.74, 6) is 0.771. The Morgan fingerprint density at radius 1 is 1.11 bits per heavy atom. The molecule has 0 saturated heterocycles. The molecule has 3 rings (SSSR count). The van der Waals surface area contributed by atoms with E-state index in [1.807, 2.05) is 37.3 Å². The van der Waals surface area contributed by atoms with Gasteiger partial charge in [-0.3, -0.25) is 4.79 Å². The Labute approximate surface area is 164 Å². The molecule has 1 aromatic heterocycles. The van der Waals surface area contributed by atoms with Gasteiger partial charge in [-0.1, -0.05) is 55.5 Å². The van der Waals surface area contributed by atoms with Crippen LogP contribution in [-0.4, -0.2) is 29.4 Å². The van der Waals surface area contributed by atoms with Gasteiger partial charge in [0.05, 0.1) is 11.6 Å². The first-order valence-electron chi connectivity index (χ1n) is 9.39. The number of esters is 1. The van der Waals surface area contributed by atoms with Crippen molar-refractivity contribution in [2.45, 2.75) is 37.9 Å². The molecule has 0 aliphatic carbocycles. The lowest BCUT2D eigenvalue weighted by Gasteiger charge is -2.18. The molecule has 0 aliphatic heterocycles. The fourth-order valence-corrected chi connectivity index (χ4v) is 4.01. The zero-order valence-electron chi connectivity index (χ0n) is 15.8. The molecule has 1 heterocycles. The van der Waals surface area contributed by atoms with Gasteiger partial charge in [0, 0.05) is 23.9 Å². The van der Waals surface area contributed by atoms with E-state index in [0.717, 1.165) is 21.9 Å². The number of aromatic amines is 1. The summed E-state index contributed by atoms with van der Waals surface area (Å²) < 4.78 is 5.33. The van der Waals surface area contributed by atoms with Crippen molar-refractivity contribution in [3.63, 3.8) is 0 Å². The van der Waals surface area contributed by atoms with Crippen LogP contribution >= 0.6 is 11.8 Å². The first-order chi connectivity index (χ1) is 13.2. The van der Waals surface area contributed by atoms with Crippen molar-refractivity contribution in [2.75, 3.05) is 12.4 Å². The molecule has 3 aromatic rings. The maximum atomic E-state index is 12.6. The SMILES string of the molecule is CCOC(=O)C(Cc1c(SCC)[nH]c2ccccc12)NCc1ccccc1. The van der Waals surface area contributed by atoms with E-state index in [4.69, 9.17) is 4.74 Å². The van der Waals surface area contributed by atoms with Gasteiger partial charge in [-0.15, -0.1) is 11.8 Å². The number of nitrogens with one attached hydrogen (secondary N) is 2. The van der Waals surface area contributed by atoms with Crippen LogP contribution in [0.5, 0.6) is 0 Å². The molecule has 0 aliphatic rings. The maximum absolute atomic E-state index is 12.6. The quantitative estimate of drug-likeness (QED) is 0.421. The highest BCUT2D eigenvalue weighted by Gasteiger charge is 2.23. The number of rotatable bonds is 9. The van der Waals surface area contributed by atoms with Crippen LogP contribution in [0.4, 0.5) is 0 Å². The molecule has 1 unspecified atom stereocenters. The smallest absolute Gasteiger partial charge is 0.323 e. The first kappa shape index (κ1) is 19.5. The predicted octanol–water partition coefficient (Wildman–Crippen LogP) is 4.54. The van der Waals surface area contributed by atoms with Gasteiger partial charge in [0.25, 0.3) is 0 Å². The number of aromatic nitrogens is 1. The number of H-pyrrole nitrogens is 1. The molecule has 0 spiro atoms. The van der Waals surface area contributed by atoms with Crippen LogP contribution in [0.15, 0.2) is 59.6 Å². The monoisotopic (exact) mass is 382 g/mol. The predicted molar refractivity (Wildman–Crippen MR) is 112 cm³/mol. The third kappa shape index (κ3) is 4.93. The molecule has 4 nitrogen and oxygen atoms in total. The number of carbonyl (C=O) groups is 1. The molecule has 5 heteroatoms. The zero-order chi connectivity index (χ0) is 19.1. The number of fused-ring (bicyclic) bond motifs is 1. The van der Waals surface area contributed by atoms with Crippen LogP contribution in [0.3, 0.4) is 0 Å². The standard InChI is InChI=1S/C22H26N2O2S/c1-3-26-22(25)20(23-15-16-10-6-5-7-11-16)14-18-17-12-8-9-13-19(17)24-21(18)27-4-2/h5-13,20,23-24H,3-4,14-15H2,1-2H3. The van der Waals surface area contributed by atoms with Gasteiger partial charge in [0.1, 0.15) is 6.04 Å². The molecule has 27 heavy (non-hydrogen) atoms. The fourth-order valence-electron chi connectivity index (χ4n) is 3.17. The molecule has 0 saturated carbocycles. The summed E-state index contributed by atoms with van der Waals surface area (Å²) >= 11 is 1.77. The van der Waals surface area contributed by atoms with Gasteiger partial charge in [-0.2, -0.15) is 0 Å². The highest BCUT2D eigenvalue weighted by Crippen LogP contribution is 2.30. The van der Waals surface area contributed by atoms with Crippen LogP contribution < -0.4 is 5.32 Å². The Kier molecular flexibility index (Phi) is 6.96. The van der Waals surface area contributed by atoms with E-state index in [-0.39, 0.29) is 12.0 Å². The summed E-state index contributed by atoms with van der Waals surface area (Å²) in [6, 6.07) is 18.0. The summed E-state index contributed by atoms with van der Waals surface area (Å²) in [7, 11) is 0. The molecule has 2 aromatic carbocycles. The lowest BCUT2D eigenvalue weighted by atomic mass is 10.0. The van der Waals surface area contributed by atoms with Crippen LogP contribution in [0.2, 0.25) is 0 Å². The molecule has 0 amide bonds. The second-order valence-corrected chi connectivity index (χ2v) is 7.56. The molecule has 0 fully saturated rings. The molecule has 2 N–H and O–H groups in total. The highest BCUT2D eigenvalue weighted by atomic mass is 32.2. The van der Waals surface area contributed by atoms with E-state index < -0.39 is 0 Å². The van der Waals surface area contributed by atoms with Crippen molar-refractivity contribution >= 4 is 28.6 Å². The Hall–Kier alpha value is -2.24. The molecule has 142 valence electrons. The average molecular weight is 383 g/mol.